The minimum absolute atomic E-state index is 0.701. The number of ether oxygens (including phenoxy) is 1. The molecule has 2 aromatic heterocycles. The van der Waals surface area contributed by atoms with E-state index in [0.717, 1.165) is 33.8 Å². The Morgan fingerprint density at radius 3 is 2.56 bits per heavy atom. The SMILES string of the molecule is COc1ccc(-n2cc(CNc3cccc(-c4cnn(C)c4)c3)cn2)cc1. The van der Waals surface area contributed by atoms with Gasteiger partial charge in [0.25, 0.3) is 0 Å². The molecule has 6 heteroatoms. The molecule has 0 bridgehead atoms. The number of methoxy groups -OCH3 is 1. The highest BCUT2D eigenvalue weighted by Crippen LogP contribution is 2.22. The first-order chi connectivity index (χ1) is 13.2. The summed E-state index contributed by atoms with van der Waals surface area (Å²) in [6.07, 6.45) is 7.79. The van der Waals surface area contributed by atoms with Crippen molar-refractivity contribution in [2.24, 2.45) is 7.05 Å². The van der Waals surface area contributed by atoms with Crippen molar-refractivity contribution in [2.45, 2.75) is 6.54 Å². The average Bonchev–Trinajstić information content (AvgIpc) is 3.36. The normalized spacial score (nSPS) is 10.7. The molecule has 0 fully saturated rings. The predicted molar refractivity (Wildman–Crippen MR) is 106 cm³/mol. The van der Waals surface area contributed by atoms with Crippen molar-refractivity contribution in [3.05, 3.63) is 78.9 Å². The van der Waals surface area contributed by atoms with E-state index in [-0.39, 0.29) is 0 Å². The van der Waals surface area contributed by atoms with E-state index >= 15 is 0 Å². The number of nitrogens with zero attached hydrogens (tertiary/aromatic N) is 4. The number of aromatic nitrogens is 4. The highest BCUT2D eigenvalue weighted by atomic mass is 16.5. The van der Waals surface area contributed by atoms with E-state index in [4.69, 9.17) is 4.74 Å². The Kier molecular flexibility index (Phi) is 4.61. The van der Waals surface area contributed by atoms with Gasteiger partial charge in [-0.15, -0.1) is 0 Å². The lowest BCUT2D eigenvalue weighted by Crippen LogP contribution is -1.98. The van der Waals surface area contributed by atoms with E-state index in [0.29, 0.717) is 6.54 Å². The van der Waals surface area contributed by atoms with Crippen molar-refractivity contribution < 1.29 is 4.74 Å². The Bertz CT molecular complexity index is 1030. The van der Waals surface area contributed by atoms with Crippen LogP contribution in [0.5, 0.6) is 5.75 Å². The van der Waals surface area contributed by atoms with Crippen molar-refractivity contribution in [1.82, 2.24) is 19.6 Å². The quantitative estimate of drug-likeness (QED) is 0.567. The third-order valence-electron chi connectivity index (χ3n) is 4.37. The molecule has 4 rings (SSSR count). The van der Waals surface area contributed by atoms with Crippen LogP contribution in [0.2, 0.25) is 0 Å². The fourth-order valence-corrected chi connectivity index (χ4v) is 2.91. The summed E-state index contributed by atoms with van der Waals surface area (Å²) in [5.41, 5.74) is 5.42. The molecule has 2 heterocycles. The Hall–Kier alpha value is -3.54. The summed E-state index contributed by atoms with van der Waals surface area (Å²) in [6, 6.07) is 16.2. The zero-order valence-electron chi connectivity index (χ0n) is 15.3. The summed E-state index contributed by atoms with van der Waals surface area (Å²) in [4.78, 5) is 0. The topological polar surface area (TPSA) is 56.9 Å². The molecule has 0 aliphatic carbocycles. The minimum atomic E-state index is 0.701. The van der Waals surface area contributed by atoms with Crippen LogP contribution in [0.15, 0.2) is 73.3 Å². The fraction of sp³-hybridized carbons (Fsp3) is 0.143. The summed E-state index contributed by atoms with van der Waals surface area (Å²) >= 11 is 0. The number of nitrogens with one attached hydrogen (secondary N) is 1. The Labute approximate surface area is 158 Å². The van der Waals surface area contributed by atoms with Crippen molar-refractivity contribution in [1.29, 1.82) is 0 Å². The molecule has 0 spiro atoms. The summed E-state index contributed by atoms with van der Waals surface area (Å²) in [5, 5.41) is 12.1. The monoisotopic (exact) mass is 359 g/mol. The van der Waals surface area contributed by atoms with Crippen LogP contribution in [0.1, 0.15) is 5.56 Å². The number of hydrogen-bond acceptors (Lipinski definition) is 4. The van der Waals surface area contributed by atoms with Gasteiger partial charge in [0.05, 0.1) is 25.2 Å². The molecular formula is C21H21N5O. The van der Waals surface area contributed by atoms with Crippen LogP contribution in [0.3, 0.4) is 0 Å². The molecule has 2 aromatic carbocycles. The molecule has 0 saturated carbocycles. The second-order valence-corrected chi connectivity index (χ2v) is 6.33. The van der Waals surface area contributed by atoms with Crippen LogP contribution in [0.25, 0.3) is 16.8 Å². The van der Waals surface area contributed by atoms with Gasteiger partial charge in [-0.3, -0.25) is 4.68 Å². The molecule has 136 valence electrons. The lowest BCUT2D eigenvalue weighted by Gasteiger charge is -2.07. The average molecular weight is 359 g/mol. The van der Waals surface area contributed by atoms with E-state index in [1.807, 2.05) is 71.5 Å². The number of aryl methyl sites for hydroxylation is 1. The van der Waals surface area contributed by atoms with Crippen molar-refractivity contribution in [2.75, 3.05) is 12.4 Å². The van der Waals surface area contributed by atoms with Gasteiger partial charge in [-0.2, -0.15) is 10.2 Å². The maximum absolute atomic E-state index is 5.20. The first-order valence-electron chi connectivity index (χ1n) is 8.72. The first kappa shape index (κ1) is 16.9. The van der Waals surface area contributed by atoms with Gasteiger partial charge in [-0.25, -0.2) is 4.68 Å². The zero-order chi connectivity index (χ0) is 18.6. The van der Waals surface area contributed by atoms with Gasteiger partial charge < -0.3 is 10.1 Å². The smallest absolute Gasteiger partial charge is 0.119 e. The second-order valence-electron chi connectivity index (χ2n) is 6.33. The third-order valence-corrected chi connectivity index (χ3v) is 4.37. The maximum atomic E-state index is 5.20. The van der Waals surface area contributed by atoms with Crippen molar-refractivity contribution in [3.63, 3.8) is 0 Å². The molecule has 27 heavy (non-hydrogen) atoms. The van der Waals surface area contributed by atoms with Gasteiger partial charge in [0.1, 0.15) is 5.75 Å². The van der Waals surface area contributed by atoms with E-state index < -0.39 is 0 Å². The van der Waals surface area contributed by atoms with Crippen molar-refractivity contribution in [3.8, 4) is 22.6 Å². The predicted octanol–water partition coefficient (Wildman–Crippen LogP) is 3.89. The second kappa shape index (κ2) is 7.37. The molecule has 6 nitrogen and oxygen atoms in total. The van der Waals surface area contributed by atoms with Gasteiger partial charge in [0, 0.05) is 42.8 Å². The maximum Gasteiger partial charge on any atom is 0.119 e. The van der Waals surface area contributed by atoms with Crippen LogP contribution < -0.4 is 10.1 Å². The van der Waals surface area contributed by atoms with E-state index in [1.54, 1.807) is 7.11 Å². The van der Waals surface area contributed by atoms with Crippen LogP contribution in [-0.4, -0.2) is 26.7 Å². The lowest BCUT2D eigenvalue weighted by molar-refractivity contribution is 0.414. The molecule has 0 saturated heterocycles. The summed E-state index contributed by atoms with van der Waals surface area (Å²) < 4.78 is 8.87. The molecular weight excluding hydrogens is 338 g/mol. The molecule has 0 radical (unpaired) electrons. The van der Waals surface area contributed by atoms with Crippen LogP contribution in [0.4, 0.5) is 5.69 Å². The van der Waals surface area contributed by atoms with E-state index in [1.165, 1.54) is 0 Å². The molecule has 1 N–H and O–H groups in total. The van der Waals surface area contributed by atoms with Gasteiger partial charge >= 0.3 is 0 Å². The third kappa shape index (κ3) is 3.84. The molecule has 0 aliphatic rings. The molecule has 0 aliphatic heterocycles. The molecule has 0 amide bonds. The van der Waals surface area contributed by atoms with E-state index in [9.17, 15) is 0 Å². The standard InChI is InChI=1S/C21H21N5O/c1-25-15-18(13-23-25)17-4-3-5-19(10-17)22-11-16-12-24-26(14-16)20-6-8-21(27-2)9-7-20/h3-10,12-15,22H,11H2,1-2H3. The van der Waals surface area contributed by atoms with Crippen LogP contribution in [-0.2, 0) is 13.6 Å². The summed E-state index contributed by atoms with van der Waals surface area (Å²) in [5.74, 6) is 0.835. The van der Waals surface area contributed by atoms with Gasteiger partial charge in [-0.1, -0.05) is 12.1 Å². The first-order valence-corrected chi connectivity index (χ1v) is 8.72. The van der Waals surface area contributed by atoms with Gasteiger partial charge in [0.2, 0.25) is 0 Å². The molecule has 0 atom stereocenters. The van der Waals surface area contributed by atoms with Crippen LogP contribution >= 0.6 is 0 Å². The lowest BCUT2D eigenvalue weighted by atomic mass is 10.1. The number of benzene rings is 2. The van der Waals surface area contributed by atoms with Gasteiger partial charge in [0.15, 0.2) is 0 Å². The molecule has 0 unspecified atom stereocenters. The highest BCUT2D eigenvalue weighted by molar-refractivity contribution is 5.66. The van der Waals surface area contributed by atoms with E-state index in [2.05, 4.69) is 33.7 Å². The zero-order valence-corrected chi connectivity index (χ0v) is 15.3. The van der Waals surface area contributed by atoms with Crippen LogP contribution in [0, 0.1) is 0 Å². The van der Waals surface area contributed by atoms with Gasteiger partial charge in [-0.05, 0) is 42.0 Å². The van der Waals surface area contributed by atoms with Crippen molar-refractivity contribution >= 4 is 5.69 Å². The number of hydrogen-bond donors (Lipinski definition) is 1. The Morgan fingerprint density at radius 2 is 1.81 bits per heavy atom. The Balaban J connectivity index is 1.44. The number of anilines is 1. The Morgan fingerprint density at radius 1 is 0.963 bits per heavy atom. The molecule has 4 aromatic rings. The minimum Gasteiger partial charge on any atom is -0.497 e. The highest BCUT2D eigenvalue weighted by Gasteiger charge is 2.04. The fourth-order valence-electron chi connectivity index (χ4n) is 2.91. The largest absolute Gasteiger partial charge is 0.497 e. The number of rotatable bonds is 6. The summed E-state index contributed by atoms with van der Waals surface area (Å²) in [7, 11) is 3.59. The summed E-state index contributed by atoms with van der Waals surface area (Å²) in [6.45, 7) is 0.701.